The number of rotatable bonds is 9. The quantitative estimate of drug-likeness (QED) is 0.150. The highest BCUT2D eigenvalue weighted by molar-refractivity contribution is 7.70. The average Bonchev–Trinajstić information content (AvgIpc) is 3.49. The van der Waals surface area contributed by atoms with Gasteiger partial charge in [-0.15, -0.1) is 0 Å². The fraction of sp³-hybridized carbons (Fsp3) is 0.739. The summed E-state index contributed by atoms with van der Waals surface area (Å²) in [6, 6.07) is 0. The maximum absolute atomic E-state index is 13.0. The van der Waals surface area contributed by atoms with E-state index in [4.69, 9.17) is 35.4 Å². The van der Waals surface area contributed by atoms with Gasteiger partial charge in [0.1, 0.15) is 29.9 Å². The number of carbonyl (C=O) groups excluding carboxylic acids is 1. The molecule has 0 aromatic carbocycles. The van der Waals surface area contributed by atoms with Crippen LogP contribution in [-0.2, 0) is 34.3 Å². The predicted octanol–water partition coefficient (Wildman–Crippen LogP) is 1.74. The lowest BCUT2D eigenvalue weighted by molar-refractivity contribution is -0.156. The fourth-order valence-corrected chi connectivity index (χ4v) is 9.21. The molecule has 1 aliphatic heterocycles. The number of hydrogen-bond acceptors (Lipinski definition) is 11. The molecule has 1 saturated heterocycles. The Labute approximate surface area is 239 Å². The molecule has 2 aromatic rings. The van der Waals surface area contributed by atoms with Gasteiger partial charge in [-0.3, -0.25) is 18.5 Å². The number of ether oxygens (including phenoxy) is 2. The van der Waals surface area contributed by atoms with Crippen LogP contribution in [0.15, 0.2) is 6.33 Å². The van der Waals surface area contributed by atoms with Crippen molar-refractivity contribution >= 4 is 43.9 Å². The van der Waals surface area contributed by atoms with E-state index in [1.807, 2.05) is 0 Å². The summed E-state index contributed by atoms with van der Waals surface area (Å²) in [7, 11) is -9.58. The zero-order valence-corrected chi connectivity index (χ0v) is 25.1. The Morgan fingerprint density at radius 1 is 1.20 bits per heavy atom. The lowest BCUT2D eigenvalue weighted by Crippen LogP contribution is -2.38. The number of halogens is 1. The Bertz CT molecular complexity index is 1450. The molecule has 228 valence electrons. The summed E-state index contributed by atoms with van der Waals surface area (Å²) in [5.41, 5.74) is 0.420. The van der Waals surface area contributed by atoms with Gasteiger partial charge in [-0.1, -0.05) is 20.8 Å². The maximum Gasteiger partial charge on any atom is 0.340 e. The number of esters is 1. The number of aliphatic hydroxyl groups is 2. The summed E-state index contributed by atoms with van der Waals surface area (Å²) in [6.07, 6.45) is -2.12. The van der Waals surface area contributed by atoms with E-state index < -0.39 is 58.2 Å². The standard InChI is InChI=1S/C23H33ClN4O11P2/c1-22(2)11-4-5-23(22,3)14(6-11)39-15(29)7-12-16-19(27-21(24)26-12)28(9-25-16)20-18(31)17(30)13(38-20)8-37-41(35,36)10-40(32,33)34/h9,11,13-14,17-18,20,30-31H,4-8,10H2,1-3H3,(H,35,36)(H2,32,33,34)/t11-,13?,14?,17?,18?,20?,23+/m1/s1. The number of aliphatic hydroxyl groups excluding tert-OH is 2. The zero-order chi connectivity index (χ0) is 30.1. The number of imidazole rings is 1. The van der Waals surface area contributed by atoms with Crippen molar-refractivity contribution in [2.45, 2.75) is 77.1 Å². The Kier molecular flexibility index (Phi) is 7.99. The van der Waals surface area contributed by atoms with Crippen molar-refractivity contribution in [3.63, 3.8) is 0 Å². The fourth-order valence-electron chi connectivity index (χ4n) is 6.46. The van der Waals surface area contributed by atoms with Crippen molar-refractivity contribution in [2.75, 3.05) is 12.5 Å². The lowest BCUT2D eigenvalue weighted by atomic mass is 9.70. The van der Waals surface area contributed by atoms with Gasteiger partial charge in [0.15, 0.2) is 17.8 Å². The second kappa shape index (κ2) is 10.6. The van der Waals surface area contributed by atoms with Crippen molar-refractivity contribution in [2.24, 2.45) is 16.7 Å². The first kappa shape index (κ1) is 30.9. The molecule has 5 N–H and O–H groups in total. The van der Waals surface area contributed by atoms with Gasteiger partial charge < -0.3 is 38.9 Å². The van der Waals surface area contributed by atoms with E-state index in [2.05, 4.69) is 35.7 Å². The van der Waals surface area contributed by atoms with Crippen molar-refractivity contribution in [3.05, 3.63) is 17.3 Å². The maximum atomic E-state index is 13.0. The van der Waals surface area contributed by atoms with Crippen LogP contribution < -0.4 is 0 Å². The first-order valence-electron chi connectivity index (χ1n) is 13.0. The monoisotopic (exact) mass is 638 g/mol. The van der Waals surface area contributed by atoms with E-state index in [1.54, 1.807) is 0 Å². The van der Waals surface area contributed by atoms with Gasteiger partial charge in [0.05, 0.1) is 25.0 Å². The Balaban J connectivity index is 1.31. The average molecular weight is 639 g/mol. The van der Waals surface area contributed by atoms with Gasteiger partial charge in [0.25, 0.3) is 0 Å². The highest BCUT2D eigenvalue weighted by atomic mass is 35.5. The van der Waals surface area contributed by atoms with Gasteiger partial charge in [0, 0.05) is 5.41 Å². The smallest absolute Gasteiger partial charge is 0.340 e. The van der Waals surface area contributed by atoms with Crippen molar-refractivity contribution < 1.29 is 52.8 Å². The van der Waals surface area contributed by atoms with E-state index in [0.29, 0.717) is 5.92 Å². The van der Waals surface area contributed by atoms with E-state index in [-0.39, 0.29) is 45.5 Å². The summed E-state index contributed by atoms with van der Waals surface area (Å²) in [5.74, 6) is -1.42. The lowest BCUT2D eigenvalue weighted by Gasteiger charge is -2.38. The minimum Gasteiger partial charge on any atom is -0.461 e. The summed E-state index contributed by atoms with van der Waals surface area (Å²) < 4.78 is 40.6. The van der Waals surface area contributed by atoms with Crippen LogP contribution in [0.4, 0.5) is 0 Å². The molecule has 2 aromatic heterocycles. The van der Waals surface area contributed by atoms with E-state index in [1.165, 1.54) is 10.9 Å². The number of hydrogen-bond donors (Lipinski definition) is 5. The van der Waals surface area contributed by atoms with Gasteiger partial charge in [-0.2, -0.15) is 4.98 Å². The summed E-state index contributed by atoms with van der Waals surface area (Å²) >= 11 is 6.16. The molecule has 3 aliphatic rings. The van der Waals surface area contributed by atoms with Crippen LogP contribution in [0.3, 0.4) is 0 Å². The summed E-state index contributed by atoms with van der Waals surface area (Å²) in [5, 5.41) is 20.9. The number of fused-ring (bicyclic) bond motifs is 3. The molecule has 41 heavy (non-hydrogen) atoms. The molecular weight excluding hydrogens is 606 g/mol. The third-order valence-corrected chi connectivity index (χ3v) is 12.8. The Hall–Kier alpha value is -1.51. The van der Waals surface area contributed by atoms with Crippen LogP contribution in [0.1, 0.15) is 52.0 Å². The van der Waals surface area contributed by atoms with Gasteiger partial charge >= 0.3 is 21.2 Å². The van der Waals surface area contributed by atoms with Crippen LogP contribution in [0.25, 0.3) is 11.2 Å². The molecule has 0 radical (unpaired) electrons. The molecule has 3 heterocycles. The van der Waals surface area contributed by atoms with Crippen LogP contribution in [0, 0.1) is 16.7 Å². The Morgan fingerprint density at radius 3 is 2.51 bits per heavy atom. The number of carbonyl (C=O) groups is 1. The van der Waals surface area contributed by atoms with E-state index in [9.17, 15) is 29.0 Å². The molecule has 2 bridgehead atoms. The minimum atomic E-state index is -4.86. The molecule has 6 unspecified atom stereocenters. The van der Waals surface area contributed by atoms with Gasteiger partial charge in [-0.25, -0.2) is 9.97 Å². The van der Waals surface area contributed by atoms with E-state index >= 15 is 0 Å². The first-order chi connectivity index (χ1) is 18.9. The molecule has 8 atom stereocenters. The largest absolute Gasteiger partial charge is 0.461 e. The predicted molar refractivity (Wildman–Crippen MR) is 142 cm³/mol. The molecule has 2 aliphatic carbocycles. The van der Waals surface area contributed by atoms with Gasteiger partial charge in [0.2, 0.25) is 5.28 Å². The zero-order valence-electron chi connectivity index (χ0n) is 22.5. The first-order valence-corrected chi connectivity index (χ1v) is 17.0. The molecule has 15 nitrogen and oxygen atoms in total. The summed E-state index contributed by atoms with van der Waals surface area (Å²) in [6.45, 7) is 5.85. The minimum absolute atomic E-state index is 0.0611. The second-order valence-electron chi connectivity index (χ2n) is 11.8. The van der Waals surface area contributed by atoms with Crippen LogP contribution >= 0.6 is 26.8 Å². The van der Waals surface area contributed by atoms with Crippen LogP contribution in [-0.4, -0.2) is 87.3 Å². The number of nitrogens with zero attached hydrogens (tertiary/aromatic N) is 4. The molecular formula is C23H33ClN4O11P2. The Morgan fingerprint density at radius 2 is 1.90 bits per heavy atom. The highest BCUT2D eigenvalue weighted by Gasteiger charge is 2.62. The molecule has 0 spiro atoms. The molecule has 0 amide bonds. The summed E-state index contributed by atoms with van der Waals surface area (Å²) in [4.78, 5) is 53.2. The topological polar surface area (TPSA) is 224 Å². The number of aromatic nitrogens is 4. The van der Waals surface area contributed by atoms with Crippen molar-refractivity contribution in [1.29, 1.82) is 0 Å². The third kappa shape index (κ3) is 5.74. The van der Waals surface area contributed by atoms with Crippen molar-refractivity contribution in [3.8, 4) is 0 Å². The van der Waals surface area contributed by atoms with Gasteiger partial charge in [-0.05, 0) is 42.2 Å². The molecule has 5 rings (SSSR count). The molecule has 3 fully saturated rings. The van der Waals surface area contributed by atoms with Crippen LogP contribution in [0.2, 0.25) is 5.28 Å². The molecule has 18 heteroatoms. The van der Waals surface area contributed by atoms with E-state index in [0.717, 1.165) is 19.3 Å². The molecule has 2 saturated carbocycles. The van der Waals surface area contributed by atoms with Crippen LogP contribution in [0.5, 0.6) is 0 Å². The van der Waals surface area contributed by atoms with Crippen molar-refractivity contribution in [1.82, 2.24) is 19.5 Å². The normalized spacial score (nSPS) is 34.3. The highest BCUT2D eigenvalue weighted by Crippen LogP contribution is 2.66. The second-order valence-corrected chi connectivity index (χ2v) is 16.1. The SMILES string of the molecule is CC1(C)[C@@H]2CC[C@@]1(C)C(OC(=O)Cc1nc(Cl)nc3c1ncn3C1OC(COP(=O)(O)CP(=O)(O)O)C(O)C1O)C2. The third-order valence-electron chi connectivity index (χ3n) is 9.18.